The molecule has 2 aliphatic carbocycles. The molecule has 0 N–H and O–H groups in total. The SMILES string of the molecule is CC(C)[C@H]1CC[C@@H](C)C[C@@H]1[Se][Se][C@H]1C[C@H](C)CC[C@@H]1C(C)C. The second-order valence-corrected chi connectivity index (χ2v) is 16.5. The molecule has 0 nitrogen and oxygen atoms in total. The van der Waals surface area contributed by atoms with Gasteiger partial charge >= 0.3 is 151 Å². The molecule has 0 aliphatic heterocycles. The molecule has 2 rings (SSSR count). The number of hydrogen-bond acceptors (Lipinski definition) is 0. The Morgan fingerprint density at radius 2 is 1.00 bits per heavy atom. The Hall–Kier alpha value is 1.04. The predicted octanol–water partition coefficient (Wildman–Crippen LogP) is 6.07. The third-order valence-corrected chi connectivity index (χ3v) is 16.4. The normalized spacial score (nSPS) is 40.4. The van der Waals surface area contributed by atoms with Gasteiger partial charge in [0.1, 0.15) is 0 Å². The Bertz CT molecular complexity index is 294. The van der Waals surface area contributed by atoms with E-state index in [0.29, 0.717) is 0 Å². The Kier molecular flexibility index (Phi) is 7.87. The molecule has 0 aromatic rings. The molecule has 130 valence electrons. The first-order chi connectivity index (χ1) is 10.4. The summed E-state index contributed by atoms with van der Waals surface area (Å²) in [6.45, 7) is 14.9. The standard InChI is InChI=1S/C20H38Se2/c1-13(2)17-9-7-15(5)11-19(17)21-22-20-12-16(6)8-10-18(20)14(3)4/h13-20H,7-12H2,1-6H3/t15-,16-,17-,18-,19+,20+/m1/s1. The monoisotopic (exact) mass is 438 g/mol. The van der Waals surface area contributed by atoms with Crippen molar-refractivity contribution in [2.45, 2.75) is 89.7 Å². The summed E-state index contributed by atoms with van der Waals surface area (Å²) in [5.41, 5.74) is 0. The summed E-state index contributed by atoms with van der Waals surface area (Å²) in [5, 5.41) is 0. The van der Waals surface area contributed by atoms with Gasteiger partial charge < -0.3 is 0 Å². The van der Waals surface area contributed by atoms with Crippen molar-refractivity contribution in [3.8, 4) is 0 Å². The summed E-state index contributed by atoms with van der Waals surface area (Å²) >= 11 is 1.90. The summed E-state index contributed by atoms with van der Waals surface area (Å²) in [7, 11) is 0. The van der Waals surface area contributed by atoms with Crippen molar-refractivity contribution in [3.63, 3.8) is 0 Å². The van der Waals surface area contributed by atoms with Gasteiger partial charge in [-0.05, 0) is 0 Å². The first kappa shape index (κ1) is 19.4. The summed E-state index contributed by atoms with van der Waals surface area (Å²) < 4.78 is 0. The molecule has 2 aliphatic rings. The van der Waals surface area contributed by atoms with Crippen LogP contribution in [0.15, 0.2) is 0 Å². The summed E-state index contributed by atoms with van der Waals surface area (Å²) in [5.74, 6) is 5.95. The molecule has 0 amide bonds. The zero-order valence-corrected chi connectivity index (χ0v) is 19.1. The average Bonchev–Trinajstić information content (AvgIpc) is 2.44. The molecular weight excluding hydrogens is 398 g/mol. The van der Waals surface area contributed by atoms with Crippen LogP contribution < -0.4 is 0 Å². The van der Waals surface area contributed by atoms with Gasteiger partial charge in [0.2, 0.25) is 0 Å². The fourth-order valence-electron chi connectivity index (χ4n) is 4.59. The van der Waals surface area contributed by atoms with Gasteiger partial charge in [-0.2, -0.15) is 0 Å². The molecule has 0 saturated heterocycles. The second-order valence-electron chi connectivity index (χ2n) is 8.92. The van der Waals surface area contributed by atoms with Crippen LogP contribution in [0.2, 0.25) is 9.63 Å². The van der Waals surface area contributed by atoms with Gasteiger partial charge in [0.15, 0.2) is 0 Å². The van der Waals surface area contributed by atoms with E-state index in [1.54, 1.807) is 12.8 Å². The predicted molar refractivity (Wildman–Crippen MR) is 102 cm³/mol. The van der Waals surface area contributed by atoms with Crippen molar-refractivity contribution in [3.05, 3.63) is 0 Å². The quantitative estimate of drug-likeness (QED) is 0.459. The van der Waals surface area contributed by atoms with Crippen molar-refractivity contribution in [1.29, 1.82) is 0 Å². The van der Waals surface area contributed by atoms with Crippen molar-refractivity contribution in [2.75, 3.05) is 0 Å². The Labute approximate surface area is 151 Å². The van der Waals surface area contributed by atoms with E-state index < -0.39 is 0 Å². The summed E-state index contributed by atoms with van der Waals surface area (Å²) in [4.78, 5) is 2.22. The van der Waals surface area contributed by atoms with E-state index in [-0.39, 0.29) is 0 Å². The van der Waals surface area contributed by atoms with E-state index in [1.807, 2.05) is 0 Å². The number of rotatable bonds is 5. The summed E-state index contributed by atoms with van der Waals surface area (Å²) in [6, 6.07) is 0. The molecule has 0 aromatic carbocycles. The molecule has 2 fully saturated rings. The maximum absolute atomic E-state index is 2.51. The van der Waals surface area contributed by atoms with Crippen LogP contribution in [0.25, 0.3) is 0 Å². The van der Waals surface area contributed by atoms with Crippen LogP contribution in [0.3, 0.4) is 0 Å². The van der Waals surface area contributed by atoms with Crippen LogP contribution in [-0.4, -0.2) is 26.3 Å². The molecule has 0 bridgehead atoms. The van der Waals surface area contributed by atoms with Gasteiger partial charge in [0.25, 0.3) is 0 Å². The van der Waals surface area contributed by atoms with Crippen LogP contribution in [0.5, 0.6) is 0 Å². The Morgan fingerprint density at radius 1 is 0.636 bits per heavy atom. The van der Waals surface area contributed by atoms with Crippen molar-refractivity contribution >= 4 is 26.3 Å². The Balaban J connectivity index is 1.93. The zero-order chi connectivity index (χ0) is 16.3. The molecular formula is C20H38Se2. The third kappa shape index (κ3) is 5.27. The third-order valence-electron chi connectivity index (χ3n) is 6.23. The van der Waals surface area contributed by atoms with E-state index >= 15 is 0 Å². The fourth-order valence-corrected chi connectivity index (χ4v) is 17.3. The van der Waals surface area contributed by atoms with Crippen molar-refractivity contribution in [1.82, 2.24) is 0 Å². The van der Waals surface area contributed by atoms with E-state index in [9.17, 15) is 0 Å². The first-order valence-electron chi connectivity index (χ1n) is 9.70. The molecule has 0 unspecified atom stereocenters. The van der Waals surface area contributed by atoms with Gasteiger partial charge in [-0.25, -0.2) is 0 Å². The van der Waals surface area contributed by atoms with Crippen LogP contribution in [0.4, 0.5) is 0 Å². The second kappa shape index (κ2) is 8.94. The van der Waals surface area contributed by atoms with Crippen LogP contribution >= 0.6 is 0 Å². The first-order valence-corrected chi connectivity index (χ1v) is 16.0. The van der Waals surface area contributed by atoms with Crippen molar-refractivity contribution in [2.24, 2.45) is 35.5 Å². The van der Waals surface area contributed by atoms with Crippen LogP contribution in [0.1, 0.15) is 80.1 Å². The minimum absolute atomic E-state index is 0.918. The zero-order valence-electron chi connectivity index (χ0n) is 15.7. The van der Waals surface area contributed by atoms with Crippen LogP contribution in [-0.2, 0) is 0 Å². The molecule has 6 atom stereocenters. The average molecular weight is 436 g/mol. The van der Waals surface area contributed by atoms with Gasteiger partial charge in [-0.3, -0.25) is 0 Å². The molecule has 0 heterocycles. The molecule has 22 heavy (non-hydrogen) atoms. The van der Waals surface area contributed by atoms with E-state index in [0.717, 1.165) is 71.4 Å². The summed E-state index contributed by atoms with van der Waals surface area (Å²) in [6.07, 6.45) is 9.15. The fraction of sp³-hybridized carbons (Fsp3) is 1.00. The minimum atomic E-state index is 0.918. The Morgan fingerprint density at radius 3 is 1.32 bits per heavy atom. The molecule has 0 radical (unpaired) electrons. The topological polar surface area (TPSA) is 0 Å². The van der Waals surface area contributed by atoms with E-state index in [4.69, 9.17) is 0 Å². The van der Waals surface area contributed by atoms with E-state index in [2.05, 4.69) is 41.5 Å². The molecule has 2 saturated carbocycles. The number of hydrogen-bond donors (Lipinski definition) is 0. The van der Waals surface area contributed by atoms with Gasteiger partial charge in [-0.15, -0.1) is 0 Å². The maximum atomic E-state index is 2.51. The molecule has 0 aromatic heterocycles. The van der Waals surface area contributed by atoms with Gasteiger partial charge in [0.05, 0.1) is 0 Å². The molecule has 2 heteroatoms. The van der Waals surface area contributed by atoms with Crippen LogP contribution in [0, 0.1) is 35.5 Å². The van der Waals surface area contributed by atoms with Gasteiger partial charge in [-0.1, -0.05) is 0 Å². The molecule has 0 spiro atoms. The van der Waals surface area contributed by atoms with Crippen molar-refractivity contribution < 1.29 is 0 Å². The van der Waals surface area contributed by atoms with Gasteiger partial charge in [0, 0.05) is 0 Å². The van der Waals surface area contributed by atoms with E-state index in [1.165, 1.54) is 25.7 Å².